The first kappa shape index (κ1) is 11.4. The van der Waals surface area contributed by atoms with E-state index in [-0.39, 0.29) is 0 Å². The van der Waals surface area contributed by atoms with Gasteiger partial charge in [-0.3, -0.25) is 0 Å². The number of anilines is 1. The van der Waals surface area contributed by atoms with Crippen LogP contribution >= 0.6 is 11.8 Å². The number of hydrogen-bond acceptors (Lipinski definition) is 5. The first-order valence-electron chi connectivity index (χ1n) is 6.06. The molecule has 0 atom stereocenters. The van der Waals surface area contributed by atoms with Gasteiger partial charge in [0.1, 0.15) is 5.52 Å². The summed E-state index contributed by atoms with van der Waals surface area (Å²) < 4.78 is 5.66. The number of fused-ring (bicyclic) bond motifs is 2. The van der Waals surface area contributed by atoms with Gasteiger partial charge < -0.3 is 15.1 Å². The second-order valence-electron chi connectivity index (χ2n) is 4.37. The van der Waals surface area contributed by atoms with Crippen LogP contribution in [0.2, 0.25) is 0 Å². The molecule has 2 aromatic heterocycles. The quantitative estimate of drug-likeness (QED) is 0.550. The van der Waals surface area contributed by atoms with Crippen molar-refractivity contribution in [1.82, 2.24) is 15.0 Å². The van der Waals surface area contributed by atoms with E-state index in [0.717, 1.165) is 21.7 Å². The van der Waals surface area contributed by atoms with Gasteiger partial charge in [0, 0.05) is 23.5 Å². The van der Waals surface area contributed by atoms with Crippen LogP contribution in [-0.4, -0.2) is 15.0 Å². The van der Waals surface area contributed by atoms with E-state index in [0.29, 0.717) is 16.5 Å². The lowest BCUT2D eigenvalue weighted by atomic mass is 10.3. The van der Waals surface area contributed by atoms with Crippen LogP contribution in [0.4, 0.5) is 5.69 Å². The summed E-state index contributed by atoms with van der Waals surface area (Å²) in [6.45, 7) is 0. The third kappa shape index (κ3) is 1.90. The Labute approximate surface area is 118 Å². The number of nitrogens with one attached hydrogen (secondary N) is 1. The second-order valence-corrected chi connectivity index (χ2v) is 5.31. The molecule has 0 aliphatic rings. The third-order valence-electron chi connectivity index (χ3n) is 2.94. The van der Waals surface area contributed by atoms with Gasteiger partial charge in [-0.05, 0) is 24.3 Å². The number of imidazole rings is 1. The summed E-state index contributed by atoms with van der Waals surface area (Å²) in [6, 6.07) is 13.3. The lowest BCUT2D eigenvalue weighted by Crippen LogP contribution is -1.81. The van der Waals surface area contributed by atoms with E-state index in [1.54, 1.807) is 12.1 Å². The number of oxazole rings is 1. The van der Waals surface area contributed by atoms with Crippen LogP contribution in [0.15, 0.2) is 57.3 Å². The number of benzene rings is 2. The molecule has 98 valence electrons. The molecule has 0 bridgehead atoms. The fraction of sp³-hybridized carbons (Fsp3) is 0. The highest BCUT2D eigenvalue weighted by Crippen LogP contribution is 2.29. The number of aromatic nitrogens is 3. The van der Waals surface area contributed by atoms with Gasteiger partial charge in [-0.1, -0.05) is 12.1 Å². The molecule has 6 heteroatoms. The lowest BCUT2D eigenvalue weighted by molar-refractivity contribution is 0.489. The van der Waals surface area contributed by atoms with Crippen LogP contribution in [0.25, 0.3) is 22.1 Å². The molecule has 20 heavy (non-hydrogen) atoms. The van der Waals surface area contributed by atoms with Crippen LogP contribution < -0.4 is 5.73 Å². The molecule has 0 saturated heterocycles. The van der Waals surface area contributed by atoms with E-state index >= 15 is 0 Å². The minimum absolute atomic E-state index is 0.546. The van der Waals surface area contributed by atoms with E-state index < -0.39 is 0 Å². The highest BCUT2D eigenvalue weighted by Gasteiger charge is 2.10. The fourth-order valence-electron chi connectivity index (χ4n) is 2.02. The number of hydrogen-bond donors (Lipinski definition) is 2. The van der Waals surface area contributed by atoms with Crippen molar-refractivity contribution in [2.45, 2.75) is 10.4 Å². The monoisotopic (exact) mass is 282 g/mol. The third-order valence-corrected chi connectivity index (χ3v) is 3.68. The Kier molecular flexibility index (Phi) is 2.43. The standard InChI is InChI=1S/C14H10N4OS/c15-8-5-6-11-12(7-8)19-14(18-11)20-13-16-9-3-1-2-4-10(9)17-13/h1-7H,15H2,(H,16,17). The molecule has 2 aromatic carbocycles. The summed E-state index contributed by atoms with van der Waals surface area (Å²) >= 11 is 1.36. The van der Waals surface area contributed by atoms with Crippen molar-refractivity contribution in [1.29, 1.82) is 0 Å². The van der Waals surface area contributed by atoms with Crippen molar-refractivity contribution >= 4 is 39.6 Å². The maximum absolute atomic E-state index is 5.72. The molecular formula is C14H10N4OS. The van der Waals surface area contributed by atoms with E-state index in [9.17, 15) is 0 Å². The average molecular weight is 282 g/mol. The molecule has 0 amide bonds. The molecule has 3 N–H and O–H groups in total. The summed E-state index contributed by atoms with van der Waals surface area (Å²) in [7, 11) is 0. The Morgan fingerprint density at radius 3 is 2.85 bits per heavy atom. The fourth-order valence-corrected chi connectivity index (χ4v) is 2.77. The van der Waals surface area contributed by atoms with E-state index in [1.165, 1.54) is 11.8 Å². The van der Waals surface area contributed by atoms with E-state index in [1.807, 2.05) is 30.3 Å². The van der Waals surface area contributed by atoms with Crippen LogP contribution in [0.3, 0.4) is 0 Å². The van der Waals surface area contributed by atoms with Gasteiger partial charge in [0.2, 0.25) is 0 Å². The van der Waals surface area contributed by atoms with Crippen LogP contribution in [0, 0.1) is 0 Å². The number of rotatable bonds is 2. The van der Waals surface area contributed by atoms with Crippen molar-refractivity contribution < 1.29 is 4.42 Å². The van der Waals surface area contributed by atoms with Crippen LogP contribution in [0.5, 0.6) is 0 Å². The van der Waals surface area contributed by atoms with Crippen molar-refractivity contribution in [3.05, 3.63) is 42.5 Å². The number of H-pyrrole nitrogens is 1. The van der Waals surface area contributed by atoms with Gasteiger partial charge in [0.25, 0.3) is 5.22 Å². The zero-order valence-corrected chi connectivity index (χ0v) is 11.1. The van der Waals surface area contributed by atoms with Crippen LogP contribution in [0.1, 0.15) is 0 Å². The zero-order valence-electron chi connectivity index (χ0n) is 10.3. The van der Waals surface area contributed by atoms with Crippen molar-refractivity contribution in [3.63, 3.8) is 0 Å². The topological polar surface area (TPSA) is 80.7 Å². The smallest absolute Gasteiger partial charge is 0.264 e. The Bertz CT molecular complexity index is 879. The van der Waals surface area contributed by atoms with Gasteiger partial charge in [-0.25, -0.2) is 9.97 Å². The maximum atomic E-state index is 5.72. The predicted molar refractivity (Wildman–Crippen MR) is 78.6 cm³/mol. The lowest BCUT2D eigenvalue weighted by Gasteiger charge is -1.89. The molecule has 0 fully saturated rings. The molecule has 0 radical (unpaired) electrons. The normalized spacial score (nSPS) is 11.4. The number of nitrogen functional groups attached to an aromatic ring is 1. The largest absolute Gasteiger partial charge is 0.431 e. The molecule has 0 spiro atoms. The average Bonchev–Trinajstić information content (AvgIpc) is 3.00. The van der Waals surface area contributed by atoms with Crippen molar-refractivity contribution in [3.8, 4) is 0 Å². The van der Waals surface area contributed by atoms with Gasteiger partial charge in [-0.2, -0.15) is 0 Å². The first-order chi connectivity index (χ1) is 9.78. The van der Waals surface area contributed by atoms with Gasteiger partial charge >= 0.3 is 0 Å². The molecule has 0 aliphatic heterocycles. The van der Waals surface area contributed by atoms with Crippen LogP contribution in [-0.2, 0) is 0 Å². The number of nitrogens with two attached hydrogens (primary N) is 1. The zero-order chi connectivity index (χ0) is 13.5. The summed E-state index contributed by atoms with van der Waals surface area (Å²) in [6.07, 6.45) is 0. The van der Waals surface area contributed by atoms with E-state index in [2.05, 4.69) is 15.0 Å². The van der Waals surface area contributed by atoms with E-state index in [4.69, 9.17) is 10.2 Å². The highest BCUT2D eigenvalue weighted by molar-refractivity contribution is 7.99. The Morgan fingerprint density at radius 2 is 1.95 bits per heavy atom. The minimum Gasteiger partial charge on any atom is -0.431 e. The SMILES string of the molecule is Nc1ccc2nc(Sc3nc4ccccc4[nH]3)oc2c1. The Morgan fingerprint density at radius 1 is 1.05 bits per heavy atom. The summed E-state index contributed by atoms with van der Waals surface area (Å²) in [5, 5.41) is 1.30. The predicted octanol–water partition coefficient (Wildman–Crippen LogP) is 3.44. The van der Waals surface area contributed by atoms with Crippen molar-refractivity contribution in [2.75, 3.05) is 5.73 Å². The molecule has 0 saturated carbocycles. The minimum atomic E-state index is 0.546. The van der Waals surface area contributed by atoms with Gasteiger partial charge in [0.15, 0.2) is 10.7 Å². The van der Waals surface area contributed by atoms with Crippen molar-refractivity contribution in [2.24, 2.45) is 0 Å². The molecule has 0 unspecified atom stereocenters. The number of nitrogens with zero attached hydrogens (tertiary/aromatic N) is 2. The first-order valence-corrected chi connectivity index (χ1v) is 6.88. The molecule has 4 aromatic rings. The van der Waals surface area contributed by atoms with Gasteiger partial charge in [-0.15, -0.1) is 0 Å². The highest BCUT2D eigenvalue weighted by atomic mass is 32.2. The molecule has 2 heterocycles. The van der Waals surface area contributed by atoms with Gasteiger partial charge in [0.05, 0.1) is 11.0 Å². The summed E-state index contributed by atoms with van der Waals surface area (Å²) in [4.78, 5) is 12.1. The number of para-hydroxylation sites is 2. The summed E-state index contributed by atoms with van der Waals surface area (Å²) in [5.74, 6) is 0. The molecular weight excluding hydrogens is 272 g/mol. The maximum Gasteiger partial charge on any atom is 0.264 e. The Balaban J connectivity index is 1.72. The molecule has 5 nitrogen and oxygen atoms in total. The second kappa shape index (κ2) is 4.28. The molecule has 4 rings (SSSR count). The number of aromatic amines is 1. The molecule has 0 aliphatic carbocycles. The Hall–Kier alpha value is -2.47. The summed E-state index contributed by atoms with van der Waals surface area (Å²) in [5.41, 5.74) is 9.78.